The summed E-state index contributed by atoms with van der Waals surface area (Å²) in [5, 5.41) is 0. The molecule has 0 aliphatic carbocycles. The number of fused-ring (bicyclic) bond motifs is 1. The van der Waals surface area contributed by atoms with Crippen LogP contribution in [0.2, 0.25) is 0 Å². The van der Waals surface area contributed by atoms with E-state index < -0.39 is 5.79 Å². The summed E-state index contributed by atoms with van der Waals surface area (Å²) in [5.41, 5.74) is 0.663. The van der Waals surface area contributed by atoms with Gasteiger partial charge in [-0.05, 0) is 30.3 Å². The molecule has 6 rings (SSSR count). The number of pyridine rings is 1. The lowest BCUT2D eigenvalue weighted by molar-refractivity contribution is -0.169. The van der Waals surface area contributed by atoms with Gasteiger partial charge in [-0.3, -0.25) is 18.9 Å². The minimum absolute atomic E-state index is 0.240. The molecule has 0 saturated carbocycles. The predicted molar refractivity (Wildman–Crippen MR) is 135 cm³/mol. The molecule has 11 heteroatoms. The molecular weight excluding hydrogens is 488 g/mol. The Morgan fingerprint density at radius 1 is 1.11 bits per heavy atom. The number of carbonyl (C=O) groups is 1. The summed E-state index contributed by atoms with van der Waals surface area (Å²) in [4.78, 5) is 35.5. The summed E-state index contributed by atoms with van der Waals surface area (Å²) in [6.07, 6.45) is 6.21. The van der Waals surface area contributed by atoms with E-state index in [4.69, 9.17) is 31.1 Å². The lowest BCUT2D eigenvalue weighted by atomic mass is 10.0. The Labute approximate surface area is 210 Å². The number of hydrogen-bond acceptors (Lipinski definition) is 9. The second-order valence-electron chi connectivity index (χ2n) is 8.52. The zero-order valence-electron chi connectivity index (χ0n) is 18.7. The van der Waals surface area contributed by atoms with Crippen molar-refractivity contribution in [2.24, 2.45) is 0 Å². The molecule has 0 aromatic carbocycles. The van der Waals surface area contributed by atoms with Gasteiger partial charge in [-0.15, -0.1) is 0 Å². The number of nitrogens with zero attached hydrogens (tertiary/aromatic N) is 4. The summed E-state index contributed by atoms with van der Waals surface area (Å²) in [5.74, 6) is 0.376. The maximum atomic E-state index is 13.6. The third kappa shape index (κ3) is 4.08. The molecule has 0 N–H and O–H groups in total. The fourth-order valence-electron chi connectivity index (χ4n) is 4.63. The summed E-state index contributed by atoms with van der Waals surface area (Å²) in [6.45, 7) is 2.68. The number of rotatable bonds is 4. The van der Waals surface area contributed by atoms with Crippen molar-refractivity contribution in [3.8, 4) is 0 Å². The topological polar surface area (TPSA) is 89.5 Å². The van der Waals surface area contributed by atoms with Gasteiger partial charge in [0.2, 0.25) is 0 Å². The zero-order chi connectivity index (χ0) is 24.0. The van der Waals surface area contributed by atoms with Crippen molar-refractivity contribution < 1.29 is 18.7 Å². The van der Waals surface area contributed by atoms with Crippen LogP contribution in [-0.2, 0) is 20.8 Å². The molecule has 3 aliphatic rings. The number of anilines is 1. The van der Waals surface area contributed by atoms with Gasteiger partial charge in [-0.2, -0.15) is 0 Å². The molecule has 3 saturated heterocycles. The van der Waals surface area contributed by atoms with Gasteiger partial charge in [-0.1, -0.05) is 30.0 Å². The number of carbonyl (C=O) groups excluding carboxylic acids is 1. The first kappa shape index (κ1) is 22.5. The van der Waals surface area contributed by atoms with E-state index in [0.717, 1.165) is 0 Å². The quantitative estimate of drug-likeness (QED) is 0.388. The van der Waals surface area contributed by atoms with Crippen molar-refractivity contribution in [2.75, 3.05) is 31.2 Å². The van der Waals surface area contributed by atoms with E-state index in [0.29, 0.717) is 71.2 Å². The fourth-order valence-corrected chi connectivity index (χ4v) is 5.87. The van der Waals surface area contributed by atoms with E-state index in [1.165, 1.54) is 21.1 Å². The van der Waals surface area contributed by atoms with Crippen molar-refractivity contribution >= 4 is 51.7 Å². The van der Waals surface area contributed by atoms with E-state index in [-0.39, 0.29) is 18.0 Å². The molecule has 9 nitrogen and oxygen atoms in total. The van der Waals surface area contributed by atoms with Crippen molar-refractivity contribution in [3.63, 3.8) is 0 Å². The number of hydrogen-bond donors (Lipinski definition) is 0. The van der Waals surface area contributed by atoms with Crippen LogP contribution in [0.5, 0.6) is 0 Å². The summed E-state index contributed by atoms with van der Waals surface area (Å²) in [6, 6.07) is 8.98. The first-order chi connectivity index (χ1) is 17.0. The van der Waals surface area contributed by atoms with Crippen LogP contribution < -0.4 is 10.5 Å². The molecular formula is C24H22N4O5S2. The number of aromatic nitrogens is 2. The van der Waals surface area contributed by atoms with E-state index in [2.05, 4.69) is 4.90 Å². The maximum absolute atomic E-state index is 13.6. The molecule has 6 heterocycles. The Bertz CT molecular complexity index is 1380. The number of ether oxygens (including phenoxy) is 2. The van der Waals surface area contributed by atoms with E-state index in [1.54, 1.807) is 42.8 Å². The van der Waals surface area contributed by atoms with Gasteiger partial charge in [0.25, 0.3) is 11.5 Å². The smallest absolute Gasteiger partial charge is 0.267 e. The largest absolute Gasteiger partial charge is 0.467 e. The molecule has 0 bridgehead atoms. The lowest BCUT2D eigenvalue weighted by Crippen LogP contribution is -2.46. The number of thioether (sulfide) groups is 1. The average molecular weight is 511 g/mol. The molecule has 0 radical (unpaired) electrons. The van der Waals surface area contributed by atoms with Crippen LogP contribution in [-0.4, -0.2) is 56.6 Å². The van der Waals surface area contributed by atoms with Gasteiger partial charge in [0, 0.05) is 32.1 Å². The van der Waals surface area contributed by atoms with Crippen LogP contribution in [0.1, 0.15) is 24.2 Å². The molecule has 180 valence electrons. The monoisotopic (exact) mass is 510 g/mol. The van der Waals surface area contributed by atoms with Gasteiger partial charge in [0.15, 0.2) is 5.79 Å². The third-order valence-electron chi connectivity index (χ3n) is 6.43. The minimum atomic E-state index is -0.545. The van der Waals surface area contributed by atoms with Gasteiger partial charge < -0.3 is 18.8 Å². The predicted octanol–water partition coefficient (Wildman–Crippen LogP) is 3.03. The van der Waals surface area contributed by atoms with E-state index in [9.17, 15) is 9.59 Å². The highest BCUT2D eigenvalue weighted by Gasteiger charge is 2.41. The average Bonchev–Trinajstić information content (AvgIpc) is 3.61. The molecule has 0 unspecified atom stereocenters. The van der Waals surface area contributed by atoms with Gasteiger partial charge in [0.1, 0.15) is 21.5 Å². The number of piperidine rings is 1. The van der Waals surface area contributed by atoms with Crippen LogP contribution in [0.25, 0.3) is 11.7 Å². The minimum Gasteiger partial charge on any atom is -0.467 e. The molecule has 1 amide bonds. The Hall–Kier alpha value is -2.99. The highest BCUT2D eigenvalue weighted by atomic mass is 32.2. The van der Waals surface area contributed by atoms with Crippen LogP contribution in [0.15, 0.2) is 56.9 Å². The summed E-state index contributed by atoms with van der Waals surface area (Å²) < 4.78 is 19.0. The van der Waals surface area contributed by atoms with Crippen LogP contribution in [0.3, 0.4) is 0 Å². The van der Waals surface area contributed by atoms with Crippen molar-refractivity contribution in [1.82, 2.24) is 14.3 Å². The maximum Gasteiger partial charge on any atom is 0.267 e. The van der Waals surface area contributed by atoms with Crippen LogP contribution in [0.4, 0.5) is 5.82 Å². The van der Waals surface area contributed by atoms with Gasteiger partial charge in [-0.25, -0.2) is 4.98 Å². The Kier molecular flexibility index (Phi) is 5.72. The van der Waals surface area contributed by atoms with Crippen molar-refractivity contribution in [2.45, 2.75) is 25.2 Å². The second kappa shape index (κ2) is 8.90. The van der Waals surface area contributed by atoms with Gasteiger partial charge >= 0.3 is 0 Å². The van der Waals surface area contributed by atoms with Crippen molar-refractivity contribution in [1.29, 1.82) is 0 Å². The highest BCUT2D eigenvalue weighted by Crippen LogP contribution is 2.36. The highest BCUT2D eigenvalue weighted by molar-refractivity contribution is 8.26. The third-order valence-corrected chi connectivity index (χ3v) is 7.81. The molecule has 0 atom stereocenters. The van der Waals surface area contributed by atoms with Crippen molar-refractivity contribution in [3.05, 3.63) is 69.4 Å². The molecule has 3 aromatic heterocycles. The Morgan fingerprint density at radius 2 is 1.91 bits per heavy atom. The summed E-state index contributed by atoms with van der Waals surface area (Å²) in [7, 11) is 0. The van der Waals surface area contributed by atoms with Crippen LogP contribution >= 0.6 is 24.0 Å². The lowest BCUT2D eigenvalue weighted by Gasteiger charge is -2.38. The van der Waals surface area contributed by atoms with E-state index in [1.807, 2.05) is 6.07 Å². The molecule has 35 heavy (non-hydrogen) atoms. The van der Waals surface area contributed by atoms with E-state index >= 15 is 0 Å². The number of amides is 1. The standard InChI is InChI=1S/C24H22N4O5S2/c29-21-17(14-18-22(30)28(23(34)35-18)15-16-4-3-11-31-16)20(25-19-5-1-2-8-27(19)21)26-9-6-24(7-10-26)32-12-13-33-24/h1-5,8,11,14H,6-7,9-10,12-13,15H2/b18-14+. The Balaban J connectivity index is 1.37. The molecule has 1 spiro atoms. The first-order valence-electron chi connectivity index (χ1n) is 11.4. The Morgan fingerprint density at radius 3 is 2.66 bits per heavy atom. The number of furan rings is 1. The first-order valence-corrected chi connectivity index (χ1v) is 12.6. The van der Waals surface area contributed by atoms with Crippen LogP contribution in [0, 0.1) is 0 Å². The second-order valence-corrected chi connectivity index (χ2v) is 10.2. The molecule has 3 aromatic rings. The summed E-state index contributed by atoms with van der Waals surface area (Å²) >= 11 is 6.63. The SMILES string of the molecule is O=C1/C(=C\c2c(N3CCC4(CC3)OCCO4)nc3ccccn3c2=O)SC(=S)N1Cc1ccco1. The zero-order valence-corrected chi connectivity index (χ0v) is 20.3. The normalized spacial score (nSPS) is 21.2. The molecule has 3 aliphatic heterocycles. The number of thiocarbonyl (C=S) groups is 1. The molecule has 3 fully saturated rings. The fraction of sp³-hybridized carbons (Fsp3) is 0.333. The van der Waals surface area contributed by atoms with Gasteiger partial charge in [0.05, 0.1) is 36.5 Å².